The van der Waals surface area contributed by atoms with Crippen molar-refractivity contribution in [3.8, 4) is 0 Å². The predicted octanol–water partition coefficient (Wildman–Crippen LogP) is 2.56. The fraction of sp³-hybridized carbons (Fsp3) is 0.889. The minimum atomic E-state index is -0.380. The molecule has 0 aliphatic carbocycles. The minimum Gasteiger partial charge on any atom is -0.441 e. The Balaban J connectivity index is 1.46. The minimum absolute atomic E-state index is 0.114. The zero-order valence-electron chi connectivity index (χ0n) is 14.8. The van der Waals surface area contributed by atoms with Gasteiger partial charge in [0.1, 0.15) is 11.7 Å². The van der Waals surface area contributed by atoms with Gasteiger partial charge in [0, 0.05) is 39.1 Å². The van der Waals surface area contributed by atoms with Gasteiger partial charge in [-0.3, -0.25) is 4.79 Å². The Hall–Kier alpha value is -1.30. The molecule has 3 aliphatic rings. The normalized spacial score (nSPS) is 26.2. The molecule has 2 amide bonds. The van der Waals surface area contributed by atoms with Crippen molar-refractivity contribution in [2.45, 2.75) is 70.0 Å². The van der Waals surface area contributed by atoms with E-state index in [1.54, 1.807) is 0 Å². The smallest absolute Gasteiger partial charge is 0.410 e. The van der Waals surface area contributed by atoms with Crippen LogP contribution in [0.4, 0.5) is 4.79 Å². The van der Waals surface area contributed by atoms with E-state index in [-0.39, 0.29) is 23.7 Å². The van der Waals surface area contributed by atoms with E-state index in [2.05, 4.69) is 6.92 Å². The molecule has 0 aromatic rings. The van der Waals surface area contributed by atoms with Gasteiger partial charge in [-0.25, -0.2) is 4.79 Å². The molecule has 0 bridgehead atoms. The largest absolute Gasteiger partial charge is 0.441 e. The average Bonchev–Trinajstić information content (AvgIpc) is 3.21. The monoisotopic (exact) mass is 338 g/mol. The van der Waals surface area contributed by atoms with E-state index < -0.39 is 0 Å². The molecule has 0 radical (unpaired) electrons. The number of hydrogen-bond acceptors (Lipinski definition) is 4. The Morgan fingerprint density at radius 2 is 2.04 bits per heavy atom. The second-order valence-corrected chi connectivity index (χ2v) is 7.36. The molecule has 3 fully saturated rings. The lowest BCUT2D eigenvalue weighted by Gasteiger charge is -2.38. The first-order chi connectivity index (χ1) is 11.6. The van der Waals surface area contributed by atoms with Gasteiger partial charge in [0.2, 0.25) is 0 Å². The van der Waals surface area contributed by atoms with Gasteiger partial charge in [0.15, 0.2) is 0 Å². The lowest BCUT2D eigenvalue weighted by atomic mass is 9.91. The number of amides is 2. The number of rotatable bonds is 6. The van der Waals surface area contributed by atoms with E-state index in [1.165, 1.54) is 12.8 Å². The van der Waals surface area contributed by atoms with E-state index in [0.717, 1.165) is 45.1 Å². The van der Waals surface area contributed by atoms with Crippen LogP contribution in [0.15, 0.2) is 0 Å². The molecule has 6 nitrogen and oxygen atoms in total. The van der Waals surface area contributed by atoms with Gasteiger partial charge in [-0.15, -0.1) is 0 Å². The fourth-order valence-electron chi connectivity index (χ4n) is 3.97. The first-order valence-electron chi connectivity index (χ1n) is 9.52. The summed E-state index contributed by atoms with van der Waals surface area (Å²) in [6.45, 7) is 5.67. The molecule has 3 heterocycles. The molecule has 0 aromatic carbocycles. The highest BCUT2D eigenvalue weighted by Crippen LogP contribution is 2.34. The molecule has 0 N–H and O–H groups in total. The van der Waals surface area contributed by atoms with Crippen molar-refractivity contribution >= 4 is 12.0 Å². The fourth-order valence-corrected chi connectivity index (χ4v) is 3.97. The average molecular weight is 338 g/mol. The quantitative estimate of drug-likeness (QED) is 0.699. The van der Waals surface area contributed by atoms with Crippen molar-refractivity contribution in [2.24, 2.45) is 0 Å². The Morgan fingerprint density at radius 1 is 1.25 bits per heavy atom. The highest BCUT2D eigenvalue weighted by Gasteiger charge is 2.47. The number of piperidine rings is 1. The van der Waals surface area contributed by atoms with Crippen LogP contribution in [0.5, 0.6) is 0 Å². The number of nitrogens with zero attached hydrogens (tertiary/aromatic N) is 2. The molecule has 0 aromatic heterocycles. The van der Waals surface area contributed by atoms with Gasteiger partial charge < -0.3 is 19.3 Å². The predicted molar refractivity (Wildman–Crippen MR) is 89.7 cm³/mol. The van der Waals surface area contributed by atoms with Crippen LogP contribution in [-0.2, 0) is 14.3 Å². The summed E-state index contributed by atoms with van der Waals surface area (Å²) in [5.41, 5.74) is -0.380. The Kier molecular flexibility index (Phi) is 5.64. The van der Waals surface area contributed by atoms with Crippen molar-refractivity contribution in [1.82, 2.24) is 9.80 Å². The molecule has 0 unspecified atom stereocenters. The number of unbranched alkanes of at least 4 members (excludes halogenated alkanes) is 3. The third kappa shape index (κ3) is 3.85. The standard InChI is InChI=1S/C18H30N2O4/c1-2-3-4-5-10-20-14-18(24-17(20)22)8-11-19(12-9-18)16(21)15-7-6-13-23-15/h15H,2-14H2,1H3/t15-/m1/s1. The first kappa shape index (κ1) is 17.5. The zero-order valence-corrected chi connectivity index (χ0v) is 14.8. The number of hydrogen-bond donors (Lipinski definition) is 0. The summed E-state index contributed by atoms with van der Waals surface area (Å²) in [6.07, 6.45) is 7.48. The van der Waals surface area contributed by atoms with Crippen LogP contribution < -0.4 is 0 Å². The molecule has 1 spiro atoms. The molecular formula is C18H30N2O4. The van der Waals surface area contributed by atoms with E-state index in [4.69, 9.17) is 9.47 Å². The maximum atomic E-state index is 12.4. The maximum absolute atomic E-state index is 12.4. The molecule has 3 rings (SSSR count). The second kappa shape index (κ2) is 7.72. The van der Waals surface area contributed by atoms with E-state index in [1.807, 2.05) is 9.80 Å². The van der Waals surface area contributed by atoms with Crippen LogP contribution in [0, 0.1) is 0 Å². The number of ether oxygens (including phenoxy) is 2. The van der Waals surface area contributed by atoms with Crippen molar-refractivity contribution in [3.63, 3.8) is 0 Å². The number of likely N-dealkylation sites (tertiary alicyclic amines) is 1. The van der Waals surface area contributed by atoms with Crippen molar-refractivity contribution < 1.29 is 19.1 Å². The van der Waals surface area contributed by atoms with Crippen molar-refractivity contribution in [1.29, 1.82) is 0 Å². The highest BCUT2D eigenvalue weighted by molar-refractivity contribution is 5.81. The summed E-state index contributed by atoms with van der Waals surface area (Å²) < 4.78 is 11.2. The Labute approximate surface area is 144 Å². The number of carbonyl (C=O) groups is 2. The van der Waals surface area contributed by atoms with Crippen LogP contribution in [0.25, 0.3) is 0 Å². The second-order valence-electron chi connectivity index (χ2n) is 7.36. The third-order valence-electron chi connectivity index (χ3n) is 5.51. The van der Waals surface area contributed by atoms with E-state index in [9.17, 15) is 9.59 Å². The van der Waals surface area contributed by atoms with Gasteiger partial charge in [0.25, 0.3) is 5.91 Å². The Morgan fingerprint density at radius 3 is 2.71 bits per heavy atom. The van der Waals surface area contributed by atoms with Crippen LogP contribution >= 0.6 is 0 Å². The van der Waals surface area contributed by atoms with Gasteiger partial charge in [-0.05, 0) is 19.3 Å². The summed E-state index contributed by atoms with van der Waals surface area (Å²) in [5.74, 6) is 0.114. The molecule has 136 valence electrons. The van der Waals surface area contributed by atoms with Gasteiger partial charge in [0.05, 0.1) is 6.54 Å². The first-order valence-corrected chi connectivity index (χ1v) is 9.52. The van der Waals surface area contributed by atoms with Crippen molar-refractivity contribution in [2.75, 3.05) is 32.8 Å². The molecule has 3 saturated heterocycles. The van der Waals surface area contributed by atoms with Gasteiger partial charge in [-0.2, -0.15) is 0 Å². The SMILES string of the molecule is CCCCCCN1CC2(CCN(C(=O)[C@H]3CCCO3)CC2)OC1=O. The maximum Gasteiger partial charge on any atom is 0.410 e. The summed E-state index contributed by atoms with van der Waals surface area (Å²) >= 11 is 0. The summed E-state index contributed by atoms with van der Waals surface area (Å²) in [6, 6.07) is 0. The van der Waals surface area contributed by atoms with Gasteiger partial charge >= 0.3 is 6.09 Å². The Bertz CT molecular complexity index is 454. The van der Waals surface area contributed by atoms with Crippen molar-refractivity contribution in [3.05, 3.63) is 0 Å². The zero-order chi connectivity index (χ0) is 17.0. The highest BCUT2D eigenvalue weighted by atomic mass is 16.6. The molecule has 0 saturated carbocycles. The third-order valence-corrected chi connectivity index (χ3v) is 5.51. The number of carbonyl (C=O) groups excluding carboxylic acids is 2. The van der Waals surface area contributed by atoms with Gasteiger partial charge in [-0.1, -0.05) is 26.2 Å². The molecule has 1 atom stereocenters. The summed E-state index contributed by atoms with van der Waals surface area (Å²) in [5, 5.41) is 0. The lowest BCUT2D eigenvalue weighted by molar-refractivity contribution is -0.144. The molecular weight excluding hydrogens is 308 g/mol. The van der Waals surface area contributed by atoms with Crippen LogP contribution in [-0.4, -0.2) is 66.3 Å². The lowest BCUT2D eigenvalue weighted by Crippen LogP contribution is -2.51. The van der Waals surface area contributed by atoms with Crippen LogP contribution in [0.2, 0.25) is 0 Å². The summed E-state index contributed by atoms with van der Waals surface area (Å²) in [7, 11) is 0. The topological polar surface area (TPSA) is 59.1 Å². The van der Waals surface area contributed by atoms with Crippen LogP contribution in [0.1, 0.15) is 58.3 Å². The van der Waals surface area contributed by atoms with E-state index >= 15 is 0 Å². The van der Waals surface area contributed by atoms with E-state index in [0.29, 0.717) is 26.2 Å². The molecule has 6 heteroatoms. The van der Waals surface area contributed by atoms with Crippen LogP contribution in [0.3, 0.4) is 0 Å². The molecule has 24 heavy (non-hydrogen) atoms. The molecule has 3 aliphatic heterocycles. The summed E-state index contributed by atoms with van der Waals surface area (Å²) in [4.78, 5) is 28.3.